The Balaban J connectivity index is 1.07. The SMILES string of the molecule is [C-]#[N+]c1ccc(OC2CCN(C(=O)c3ccc(C(=O)CC4CCN(Cc5ccc(C#N)cc5)CC4)nc3)C[C@@H]2F)cc1. The number of alkyl halides is 1. The molecule has 0 spiro atoms. The Labute approximate surface area is 245 Å². The van der Waals surface area contributed by atoms with Crippen LogP contribution in [0.2, 0.25) is 0 Å². The highest BCUT2D eigenvalue weighted by atomic mass is 19.1. The molecule has 0 radical (unpaired) electrons. The first-order valence-corrected chi connectivity index (χ1v) is 14.2. The van der Waals surface area contributed by atoms with E-state index in [9.17, 15) is 14.0 Å². The quantitative estimate of drug-likeness (QED) is 0.260. The molecule has 1 amide bonds. The third kappa shape index (κ3) is 7.18. The number of nitriles is 1. The molecule has 2 aliphatic rings. The monoisotopic (exact) mass is 565 g/mol. The lowest BCUT2D eigenvalue weighted by molar-refractivity contribution is 0.0202. The molecule has 2 atom stereocenters. The van der Waals surface area contributed by atoms with Gasteiger partial charge >= 0.3 is 0 Å². The van der Waals surface area contributed by atoms with Gasteiger partial charge in [-0.25, -0.2) is 9.24 Å². The lowest BCUT2D eigenvalue weighted by Crippen LogP contribution is -2.49. The third-order valence-electron chi connectivity index (χ3n) is 7.99. The van der Waals surface area contributed by atoms with Gasteiger partial charge in [-0.2, -0.15) is 5.26 Å². The number of benzene rings is 2. The molecule has 214 valence electrons. The number of aromatic nitrogens is 1. The van der Waals surface area contributed by atoms with E-state index in [0.29, 0.717) is 47.6 Å². The van der Waals surface area contributed by atoms with Gasteiger partial charge in [0, 0.05) is 32.1 Å². The van der Waals surface area contributed by atoms with Crippen LogP contribution in [-0.2, 0) is 6.54 Å². The summed E-state index contributed by atoms with van der Waals surface area (Å²) in [5.41, 5.74) is 2.98. The Morgan fingerprint density at radius 3 is 2.38 bits per heavy atom. The fraction of sp³-hybridized carbons (Fsp3) is 0.364. The number of nitrogens with zero attached hydrogens (tertiary/aromatic N) is 5. The predicted molar refractivity (Wildman–Crippen MR) is 155 cm³/mol. The maximum atomic E-state index is 14.9. The minimum Gasteiger partial charge on any atom is -0.487 e. The molecule has 0 bridgehead atoms. The summed E-state index contributed by atoms with van der Waals surface area (Å²) in [6.45, 7) is 9.92. The molecule has 0 saturated carbocycles. The van der Waals surface area contributed by atoms with Crippen molar-refractivity contribution in [1.82, 2.24) is 14.8 Å². The Kier molecular flexibility index (Phi) is 9.21. The van der Waals surface area contributed by atoms with Crippen LogP contribution in [0.3, 0.4) is 0 Å². The van der Waals surface area contributed by atoms with Crippen molar-refractivity contribution in [2.75, 3.05) is 26.2 Å². The van der Waals surface area contributed by atoms with Crippen molar-refractivity contribution in [3.63, 3.8) is 0 Å². The summed E-state index contributed by atoms with van der Waals surface area (Å²) in [4.78, 5) is 37.4. The van der Waals surface area contributed by atoms with Gasteiger partial charge in [0.05, 0.1) is 30.3 Å². The number of ether oxygens (including phenoxy) is 1. The topological polar surface area (TPSA) is 90.9 Å². The van der Waals surface area contributed by atoms with Crippen LogP contribution >= 0.6 is 0 Å². The molecule has 2 saturated heterocycles. The number of carbonyl (C=O) groups is 2. The Morgan fingerprint density at radius 1 is 1.02 bits per heavy atom. The number of hydrogen-bond donors (Lipinski definition) is 0. The zero-order valence-electron chi connectivity index (χ0n) is 23.3. The van der Waals surface area contributed by atoms with Gasteiger partial charge in [-0.15, -0.1) is 0 Å². The molecule has 3 heterocycles. The molecule has 2 fully saturated rings. The van der Waals surface area contributed by atoms with Crippen LogP contribution in [0.25, 0.3) is 4.85 Å². The van der Waals surface area contributed by atoms with Crippen LogP contribution in [0.1, 0.15) is 57.7 Å². The van der Waals surface area contributed by atoms with E-state index in [1.165, 1.54) is 16.7 Å². The van der Waals surface area contributed by atoms with Gasteiger partial charge in [-0.05, 0) is 73.8 Å². The van der Waals surface area contributed by atoms with Crippen molar-refractivity contribution in [2.45, 2.75) is 44.5 Å². The smallest absolute Gasteiger partial charge is 0.255 e. The summed E-state index contributed by atoms with van der Waals surface area (Å²) < 4.78 is 20.7. The molecule has 2 aliphatic heterocycles. The zero-order valence-corrected chi connectivity index (χ0v) is 23.3. The van der Waals surface area contributed by atoms with E-state index >= 15 is 0 Å². The molecule has 9 heteroatoms. The van der Waals surface area contributed by atoms with Gasteiger partial charge in [0.1, 0.15) is 17.5 Å². The van der Waals surface area contributed by atoms with Gasteiger partial charge in [0.25, 0.3) is 5.91 Å². The number of ketones is 1. The summed E-state index contributed by atoms with van der Waals surface area (Å²) in [7, 11) is 0. The van der Waals surface area contributed by atoms with E-state index in [-0.39, 0.29) is 24.2 Å². The van der Waals surface area contributed by atoms with E-state index in [2.05, 4.69) is 20.8 Å². The minimum atomic E-state index is -1.35. The van der Waals surface area contributed by atoms with Gasteiger partial charge < -0.3 is 9.64 Å². The van der Waals surface area contributed by atoms with Crippen LogP contribution in [0.4, 0.5) is 10.1 Å². The van der Waals surface area contributed by atoms with Crippen LogP contribution in [0.5, 0.6) is 5.75 Å². The molecule has 3 aromatic rings. The van der Waals surface area contributed by atoms with Crippen molar-refractivity contribution in [3.8, 4) is 11.8 Å². The highest BCUT2D eigenvalue weighted by molar-refractivity contribution is 5.97. The predicted octanol–water partition coefficient (Wildman–Crippen LogP) is 5.62. The van der Waals surface area contributed by atoms with Crippen LogP contribution in [0.15, 0.2) is 66.9 Å². The summed E-state index contributed by atoms with van der Waals surface area (Å²) in [5.74, 6) is 0.422. The zero-order chi connectivity index (χ0) is 29.5. The summed E-state index contributed by atoms with van der Waals surface area (Å²) in [6.07, 6.45) is 1.99. The van der Waals surface area contributed by atoms with Crippen LogP contribution < -0.4 is 4.74 Å². The van der Waals surface area contributed by atoms with Crippen molar-refractivity contribution in [1.29, 1.82) is 5.26 Å². The lowest BCUT2D eigenvalue weighted by Gasteiger charge is -2.34. The average molecular weight is 566 g/mol. The van der Waals surface area contributed by atoms with Crippen molar-refractivity contribution in [3.05, 3.63) is 101 Å². The first kappa shape index (κ1) is 28.9. The summed E-state index contributed by atoms with van der Waals surface area (Å²) in [6, 6.07) is 19.5. The highest BCUT2D eigenvalue weighted by Gasteiger charge is 2.33. The largest absolute Gasteiger partial charge is 0.487 e. The standard InChI is InChI=1S/C33H32FN5O3/c1-36-27-7-9-28(10-8-27)42-32-14-17-39(22-29(32)34)33(41)26-6-11-30(37-20-26)31(40)18-23-12-15-38(16-13-23)21-25-4-2-24(19-35)3-5-25/h2-11,20,23,29,32H,12-18,21-22H2/t29-,32?/m0/s1. The number of rotatable bonds is 8. The Hall–Kier alpha value is -4.60. The Bertz CT molecular complexity index is 1470. The molecule has 8 nitrogen and oxygen atoms in total. The van der Waals surface area contributed by atoms with E-state index in [4.69, 9.17) is 16.6 Å². The molecule has 2 aromatic carbocycles. The van der Waals surface area contributed by atoms with E-state index in [1.807, 2.05) is 24.3 Å². The normalized spacial score (nSPS) is 19.5. The molecule has 0 aliphatic carbocycles. The number of amides is 1. The number of Topliss-reactive ketones (excluding diaryl/α,β-unsaturated/α-hetero) is 1. The van der Waals surface area contributed by atoms with Gasteiger partial charge in [-0.3, -0.25) is 19.5 Å². The molecule has 42 heavy (non-hydrogen) atoms. The second-order valence-corrected chi connectivity index (χ2v) is 10.9. The first-order valence-electron chi connectivity index (χ1n) is 14.2. The number of likely N-dealkylation sites (tertiary alicyclic amines) is 2. The number of carbonyl (C=O) groups excluding carboxylic acids is 2. The minimum absolute atomic E-state index is 0.0363. The Morgan fingerprint density at radius 2 is 1.76 bits per heavy atom. The molecular formula is C33H32FN5O3. The maximum absolute atomic E-state index is 14.9. The lowest BCUT2D eigenvalue weighted by atomic mass is 9.90. The molecular weight excluding hydrogens is 533 g/mol. The molecule has 1 unspecified atom stereocenters. The van der Waals surface area contributed by atoms with Gasteiger partial charge in [-0.1, -0.05) is 24.3 Å². The van der Waals surface area contributed by atoms with E-state index in [1.54, 1.807) is 36.4 Å². The van der Waals surface area contributed by atoms with Crippen molar-refractivity contribution >= 4 is 17.4 Å². The first-order chi connectivity index (χ1) is 20.4. The third-order valence-corrected chi connectivity index (χ3v) is 7.99. The number of hydrogen-bond acceptors (Lipinski definition) is 6. The molecule has 5 rings (SSSR count). The summed E-state index contributed by atoms with van der Waals surface area (Å²) in [5, 5.41) is 8.96. The number of piperidine rings is 2. The van der Waals surface area contributed by atoms with Crippen molar-refractivity contribution < 1.29 is 18.7 Å². The molecule has 1 aromatic heterocycles. The van der Waals surface area contributed by atoms with Crippen LogP contribution in [-0.4, -0.2) is 64.9 Å². The fourth-order valence-corrected chi connectivity index (χ4v) is 5.50. The van der Waals surface area contributed by atoms with E-state index in [0.717, 1.165) is 32.5 Å². The fourth-order valence-electron chi connectivity index (χ4n) is 5.50. The second kappa shape index (κ2) is 13.4. The molecule has 0 N–H and O–H groups in total. The number of halogens is 1. The van der Waals surface area contributed by atoms with Gasteiger partial charge in [0.2, 0.25) is 0 Å². The average Bonchev–Trinajstić information content (AvgIpc) is 3.03. The van der Waals surface area contributed by atoms with Gasteiger partial charge in [0.15, 0.2) is 17.6 Å². The van der Waals surface area contributed by atoms with E-state index < -0.39 is 12.3 Å². The number of pyridine rings is 1. The second-order valence-electron chi connectivity index (χ2n) is 10.9. The van der Waals surface area contributed by atoms with Crippen molar-refractivity contribution in [2.24, 2.45) is 5.92 Å². The van der Waals surface area contributed by atoms with Crippen LogP contribution in [0, 0.1) is 23.8 Å². The highest BCUT2D eigenvalue weighted by Crippen LogP contribution is 2.26. The summed E-state index contributed by atoms with van der Waals surface area (Å²) >= 11 is 0. The maximum Gasteiger partial charge on any atom is 0.255 e.